The van der Waals surface area contributed by atoms with E-state index in [1.54, 1.807) is 0 Å². The van der Waals surface area contributed by atoms with E-state index in [-0.39, 0.29) is 0 Å². The summed E-state index contributed by atoms with van der Waals surface area (Å²) in [5, 5.41) is 3.00. The van der Waals surface area contributed by atoms with Gasteiger partial charge in [-0.15, -0.1) is 0 Å². The average molecular weight is 218 g/mol. The highest BCUT2D eigenvalue weighted by Gasteiger charge is 2.34. The first-order chi connectivity index (χ1) is 7.86. The predicted octanol–water partition coefficient (Wildman–Crippen LogP) is 1.90. The fourth-order valence-corrected chi connectivity index (χ4v) is 2.02. The number of anilines is 2. The van der Waals surface area contributed by atoms with Crippen LogP contribution in [0.4, 0.5) is 11.8 Å². The second-order valence-corrected chi connectivity index (χ2v) is 4.82. The molecular weight excluding hydrogens is 200 g/mol. The molecule has 86 valence electrons. The number of hydrogen-bond donors (Lipinski definition) is 1. The van der Waals surface area contributed by atoms with Gasteiger partial charge in [-0.2, -0.15) is 4.98 Å². The zero-order chi connectivity index (χ0) is 11.0. The first kappa shape index (κ1) is 9.87. The van der Waals surface area contributed by atoms with Crippen molar-refractivity contribution in [3.63, 3.8) is 0 Å². The van der Waals surface area contributed by atoms with Gasteiger partial charge in [0.05, 0.1) is 0 Å². The molecule has 1 heterocycles. The van der Waals surface area contributed by atoms with E-state index in [4.69, 9.17) is 0 Å². The van der Waals surface area contributed by atoms with Crippen LogP contribution in [0.25, 0.3) is 0 Å². The van der Waals surface area contributed by atoms with E-state index in [1.807, 2.05) is 19.3 Å². The lowest BCUT2D eigenvalue weighted by atomic mass is 10.3. The zero-order valence-corrected chi connectivity index (χ0v) is 9.69. The van der Waals surface area contributed by atoms with Gasteiger partial charge in [0.2, 0.25) is 5.95 Å². The molecule has 2 saturated carbocycles. The van der Waals surface area contributed by atoms with Crippen LogP contribution in [0.1, 0.15) is 25.7 Å². The van der Waals surface area contributed by atoms with E-state index in [0.29, 0.717) is 0 Å². The van der Waals surface area contributed by atoms with Crippen LogP contribution in [-0.4, -0.2) is 29.6 Å². The van der Waals surface area contributed by atoms with Crippen LogP contribution in [0.15, 0.2) is 12.3 Å². The van der Waals surface area contributed by atoms with E-state index in [1.165, 1.54) is 32.2 Å². The Kier molecular flexibility index (Phi) is 2.42. The van der Waals surface area contributed by atoms with Gasteiger partial charge in [0, 0.05) is 25.8 Å². The molecule has 0 bridgehead atoms. The Labute approximate surface area is 96.1 Å². The van der Waals surface area contributed by atoms with Gasteiger partial charge in [0.1, 0.15) is 5.82 Å². The Hall–Kier alpha value is -1.32. The molecule has 3 rings (SSSR count). The van der Waals surface area contributed by atoms with Gasteiger partial charge in [-0.3, -0.25) is 0 Å². The normalized spacial score (nSPS) is 19.6. The van der Waals surface area contributed by atoms with Crippen molar-refractivity contribution in [2.24, 2.45) is 5.92 Å². The maximum Gasteiger partial charge on any atom is 0.224 e. The third kappa shape index (κ3) is 2.10. The van der Waals surface area contributed by atoms with E-state index in [2.05, 4.69) is 20.2 Å². The Morgan fingerprint density at radius 1 is 1.38 bits per heavy atom. The van der Waals surface area contributed by atoms with Crippen LogP contribution in [0.5, 0.6) is 0 Å². The standard InChI is InChI=1S/C12H18N4/c1-13-12-14-7-6-11(15-12)16(10-4-5-10)8-9-2-3-9/h6-7,9-10H,2-5,8H2,1H3,(H,13,14,15). The van der Waals surface area contributed by atoms with Crippen LogP contribution in [0.3, 0.4) is 0 Å². The highest BCUT2D eigenvalue weighted by atomic mass is 15.3. The fourth-order valence-electron chi connectivity index (χ4n) is 2.02. The van der Waals surface area contributed by atoms with Gasteiger partial charge in [0.15, 0.2) is 0 Å². The Bertz CT molecular complexity index is 371. The van der Waals surface area contributed by atoms with Gasteiger partial charge in [-0.25, -0.2) is 4.98 Å². The molecule has 2 aliphatic carbocycles. The molecule has 1 N–H and O–H groups in total. The number of nitrogens with zero attached hydrogens (tertiary/aromatic N) is 3. The van der Waals surface area contributed by atoms with Gasteiger partial charge >= 0.3 is 0 Å². The van der Waals surface area contributed by atoms with Gasteiger partial charge < -0.3 is 10.2 Å². The Balaban J connectivity index is 1.79. The molecular formula is C12H18N4. The molecule has 4 nitrogen and oxygen atoms in total. The molecule has 1 aromatic heterocycles. The minimum atomic E-state index is 0.721. The largest absolute Gasteiger partial charge is 0.357 e. The van der Waals surface area contributed by atoms with Gasteiger partial charge in [-0.05, 0) is 37.7 Å². The minimum Gasteiger partial charge on any atom is -0.357 e. The molecule has 0 amide bonds. The summed E-state index contributed by atoms with van der Waals surface area (Å²) >= 11 is 0. The summed E-state index contributed by atoms with van der Waals surface area (Å²) < 4.78 is 0. The minimum absolute atomic E-state index is 0.721. The lowest BCUT2D eigenvalue weighted by Gasteiger charge is -2.23. The smallest absolute Gasteiger partial charge is 0.224 e. The third-order valence-electron chi connectivity index (χ3n) is 3.30. The maximum absolute atomic E-state index is 4.54. The molecule has 0 saturated heterocycles. The van der Waals surface area contributed by atoms with E-state index < -0.39 is 0 Å². The average Bonchev–Trinajstić information content (AvgIpc) is 3.16. The number of hydrogen-bond acceptors (Lipinski definition) is 4. The molecule has 0 atom stereocenters. The quantitative estimate of drug-likeness (QED) is 0.819. The summed E-state index contributed by atoms with van der Waals surface area (Å²) in [7, 11) is 1.86. The SMILES string of the molecule is CNc1nccc(N(CC2CC2)C2CC2)n1. The van der Waals surface area contributed by atoms with E-state index >= 15 is 0 Å². The van der Waals surface area contributed by atoms with Crippen LogP contribution in [-0.2, 0) is 0 Å². The van der Waals surface area contributed by atoms with Gasteiger partial charge in [-0.1, -0.05) is 0 Å². The van der Waals surface area contributed by atoms with Crippen LogP contribution >= 0.6 is 0 Å². The Morgan fingerprint density at radius 2 is 2.19 bits per heavy atom. The van der Waals surface area contributed by atoms with Crippen molar-refractivity contribution in [2.45, 2.75) is 31.7 Å². The molecule has 2 fully saturated rings. The second kappa shape index (κ2) is 3.92. The van der Waals surface area contributed by atoms with Crippen molar-refractivity contribution in [1.82, 2.24) is 9.97 Å². The van der Waals surface area contributed by atoms with Crippen molar-refractivity contribution >= 4 is 11.8 Å². The summed E-state index contributed by atoms with van der Waals surface area (Å²) in [5.74, 6) is 2.72. The first-order valence-corrected chi connectivity index (χ1v) is 6.14. The number of aromatic nitrogens is 2. The molecule has 1 aromatic rings. The highest BCUT2D eigenvalue weighted by molar-refractivity contribution is 5.44. The van der Waals surface area contributed by atoms with E-state index in [9.17, 15) is 0 Å². The molecule has 4 heteroatoms. The van der Waals surface area contributed by atoms with Crippen LogP contribution < -0.4 is 10.2 Å². The van der Waals surface area contributed by atoms with Crippen molar-refractivity contribution in [3.8, 4) is 0 Å². The summed E-state index contributed by atoms with van der Waals surface area (Å²) in [5.41, 5.74) is 0. The van der Waals surface area contributed by atoms with E-state index in [0.717, 1.165) is 23.7 Å². The van der Waals surface area contributed by atoms with Crippen LogP contribution in [0.2, 0.25) is 0 Å². The fraction of sp³-hybridized carbons (Fsp3) is 0.667. The van der Waals surface area contributed by atoms with Gasteiger partial charge in [0.25, 0.3) is 0 Å². The summed E-state index contributed by atoms with van der Waals surface area (Å²) in [6, 6.07) is 2.77. The molecule has 0 aliphatic heterocycles. The summed E-state index contributed by atoms with van der Waals surface area (Å²) in [4.78, 5) is 11.2. The molecule has 0 spiro atoms. The molecule has 0 unspecified atom stereocenters. The molecule has 0 aromatic carbocycles. The highest BCUT2D eigenvalue weighted by Crippen LogP contribution is 2.37. The summed E-state index contributed by atoms with van der Waals surface area (Å²) in [6.45, 7) is 1.19. The Morgan fingerprint density at radius 3 is 2.81 bits per heavy atom. The first-order valence-electron chi connectivity index (χ1n) is 6.14. The topological polar surface area (TPSA) is 41.1 Å². The lowest BCUT2D eigenvalue weighted by Crippen LogP contribution is -2.29. The number of nitrogens with one attached hydrogen (secondary N) is 1. The van der Waals surface area contributed by atoms with Crippen molar-refractivity contribution in [1.29, 1.82) is 0 Å². The van der Waals surface area contributed by atoms with Crippen LogP contribution in [0, 0.1) is 5.92 Å². The maximum atomic E-state index is 4.54. The van der Waals surface area contributed by atoms with Crippen molar-refractivity contribution in [2.75, 3.05) is 23.8 Å². The second-order valence-electron chi connectivity index (χ2n) is 4.82. The molecule has 2 aliphatic rings. The molecule has 16 heavy (non-hydrogen) atoms. The molecule has 0 radical (unpaired) electrons. The monoisotopic (exact) mass is 218 g/mol. The predicted molar refractivity (Wildman–Crippen MR) is 64.7 cm³/mol. The zero-order valence-electron chi connectivity index (χ0n) is 9.69. The number of rotatable bonds is 5. The third-order valence-corrected chi connectivity index (χ3v) is 3.30. The lowest BCUT2D eigenvalue weighted by molar-refractivity contribution is 0.708. The summed E-state index contributed by atoms with van der Waals surface area (Å²) in [6.07, 6.45) is 7.29. The van der Waals surface area contributed by atoms with Crippen molar-refractivity contribution < 1.29 is 0 Å². The van der Waals surface area contributed by atoms with Crippen molar-refractivity contribution in [3.05, 3.63) is 12.3 Å².